The molecule has 0 aliphatic carbocycles. The zero-order valence-electron chi connectivity index (χ0n) is 11.2. The van der Waals surface area contributed by atoms with Crippen LogP contribution in [0.5, 0.6) is 0 Å². The van der Waals surface area contributed by atoms with Crippen LogP contribution in [-0.2, 0) is 15.1 Å². The monoisotopic (exact) mass is 272 g/mol. The van der Waals surface area contributed by atoms with Gasteiger partial charge in [0.1, 0.15) is 17.2 Å². The van der Waals surface area contributed by atoms with E-state index < -0.39 is 29.1 Å². The SMILES string of the molecule is CCOC(=O)C(CC)C(C)(O)c1cc(F)ccc1F. The van der Waals surface area contributed by atoms with Crippen LogP contribution in [0.2, 0.25) is 0 Å². The largest absolute Gasteiger partial charge is 0.466 e. The minimum atomic E-state index is -1.83. The number of carbonyl (C=O) groups excluding carboxylic acids is 1. The number of hydrogen-bond acceptors (Lipinski definition) is 3. The van der Waals surface area contributed by atoms with Crippen molar-refractivity contribution in [3.8, 4) is 0 Å². The fraction of sp³-hybridized carbons (Fsp3) is 0.500. The Labute approximate surface area is 111 Å². The molecule has 0 saturated carbocycles. The molecule has 1 aromatic rings. The second-order valence-corrected chi connectivity index (χ2v) is 4.48. The summed E-state index contributed by atoms with van der Waals surface area (Å²) in [4.78, 5) is 11.8. The van der Waals surface area contributed by atoms with Crippen molar-refractivity contribution in [2.45, 2.75) is 32.8 Å². The zero-order valence-corrected chi connectivity index (χ0v) is 11.2. The van der Waals surface area contributed by atoms with Crippen molar-refractivity contribution in [1.29, 1.82) is 0 Å². The van der Waals surface area contributed by atoms with Gasteiger partial charge >= 0.3 is 5.97 Å². The van der Waals surface area contributed by atoms with Gasteiger partial charge in [0.05, 0.1) is 12.5 Å². The third-order valence-electron chi connectivity index (χ3n) is 3.13. The number of carbonyl (C=O) groups is 1. The smallest absolute Gasteiger partial charge is 0.312 e. The molecule has 2 unspecified atom stereocenters. The van der Waals surface area contributed by atoms with Gasteiger partial charge < -0.3 is 9.84 Å². The summed E-state index contributed by atoms with van der Waals surface area (Å²) in [6.45, 7) is 4.77. The van der Waals surface area contributed by atoms with Crippen molar-refractivity contribution in [2.75, 3.05) is 6.61 Å². The van der Waals surface area contributed by atoms with Gasteiger partial charge in [-0.1, -0.05) is 6.92 Å². The molecule has 0 spiro atoms. The Hall–Kier alpha value is -1.49. The van der Waals surface area contributed by atoms with Gasteiger partial charge in [-0.15, -0.1) is 0 Å². The standard InChI is InChI=1S/C14H18F2O3/c1-4-10(13(17)19-5-2)14(3,18)11-8-9(15)6-7-12(11)16/h6-8,10,18H,4-5H2,1-3H3. The molecular formula is C14H18F2O3. The van der Waals surface area contributed by atoms with E-state index in [1.54, 1.807) is 13.8 Å². The average Bonchev–Trinajstić information content (AvgIpc) is 2.33. The lowest BCUT2D eigenvalue weighted by Gasteiger charge is -2.31. The molecule has 0 aliphatic rings. The van der Waals surface area contributed by atoms with E-state index in [9.17, 15) is 18.7 Å². The van der Waals surface area contributed by atoms with E-state index >= 15 is 0 Å². The summed E-state index contributed by atoms with van der Waals surface area (Å²) in [5, 5.41) is 10.4. The summed E-state index contributed by atoms with van der Waals surface area (Å²) in [5.74, 6) is -3.01. The maximum absolute atomic E-state index is 13.7. The molecule has 0 radical (unpaired) electrons. The summed E-state index contributed by atoms with van der Waals surface area (Å²) >= 11 is 0. The van der Waals surface area contributed by atoms with Crippen LogP contribution in [0.1, 0.15) is 32.8 Å². The van der Waals surface area contributed by atoms with Crippen molar-refractivity contribution in [2.24, 2.45) is 5.92 Å². The molecule has 0 saturated heterocycles. The Kier molecular flexibility index (Phi) is 5.00. The van der Waals surface area contributed by atoms with E-state index in [4.69, 9.17) is 4.74 Å². The molecule has 19 heavy (non-hydrogen) atoms. The van der Waals surface area contributed by atoms with E-state index in [-0.39, 0.29) is 18.6 Å². The van der Waals surface area contributed by atoms with Crippen molar-refractivity contribution in [3.05, 3.63) is 35.4 Å². The van der Waals surface area contributed by atoms with Crippen molar-refractivity contribution in [1.82, 2.24) is 0 Å². The van der Waals surface area contributed by atoms with E-state index in [1.807, 2.05) is 0 Å². The van der Waals surface area contributed by atoms with E-state index in [0.717, 1.165) is 18.2 Å². The van der Waals surface area contributed by atoms with Crippen LogP contribution >= 0.6 is 0 Å². The molecule has 2 atom stereocenters. The number of hydrogen-bond donors (Lipinski definition) is 1. The topological polar surface area (TPSA) is 46.5 Å². The highest BCUT2D eigenvalue weighted by Crippen LogP contribution is 2.34. The first-order valence-electron chi connectivity index (χ1n) is 6.19. The Morgan fingerprint density at radius 1 is 1.42 bits per heavy atom. The molecule has 0 aliphatic heterocycles. The highest BCUT2D eigenvalue weighted by atomic mass is 19.1. The molecule has 0 amide bonds. The van der Waals surface area contributed by atoms with E-state index in [2.05, 4.69) is 0 Å². The third-order valence-corrected chi connectivity index (χ3v) is 3.13. The van der Waals surface area contributed by atoms with Crippen LogP contribution in [-0.4, -0.2) is 17.7 Å². The fourth-order valence-electron chi connectivity index (χ4n) is 2.11. The van der Waals surface area contributed by atoms with Crippen LogP contribution in [0.3, 0.4) is 0 Å². The summed E-state index contributed by atoms with van der Waals surface area (Å²) in [7, 11) is 0. The summed E-state index contributed by atoms with van der Waals surface area (Å²) in [5.41, 5.74) is -2.07. The van der Waals surface area contributed by atoms with E-state index in [0.29, 0.717) is 0 Å². The molecule has 0 bridgehead atoms. The van der Waals surface area contributed by atoms with Gasteiger partial charge in [0.2, 0.25) is 0 Å². The van der Waals surface area contributed by atoms with Gasteiger partial charge in [0, 0.05) is 5.56 Å². The maximum Gasteiger partial charge on any atom is 0.312 e. The number of ether oxygens (including phenoxy) is 1. The Morgan fingerprint density at radius 2 is 2.05 bits per heavy atom. The number of halogens is 2. The third kappa shape index (κ3) is 3.29. The van der Waals surface area contributed by atoms with Gasteiger partial charge in [0.25, 0.3) is 0 Å². The molecule has 5 heteroatoms. The van der Waals surface area contributed by atoms with Crippen molar-refractivity contribution >= 4 is 5.97 Å². The summed E-state index contributed by atoms with van der Waals surface area (Å²) in [6, 6.07) is 2.79. The number of esters is 1. The predicted molar refractivity (Wildman–Crippen MR) is 66.3 cm³/mol. The quantitative estimate of drug-likeness (QED) is 0.838. The Balaban J connectivity index is 3.19. The summed E-state index contributed by atoms with van der Waals surface area (Å²) in [6.07, 6.45) is 0.252. The fourth-order valence-corrected chi connectivity index (χ4v) is 2.11. The highest BCUT2D eigenvalue weighted by Gasteiger charge is 2.40. The molecule has 3 nitrogen and oxygen atoms in total. The molecule has 1 rings (SSSR count). The lowest BCUT2D eigenvalue weighted by Crippen LogP contribution is -2.38. The molecule has 0 heterocycles. The average molecular weight is 272 g/mol. The first kappa shape index (κ1) is 15.6. The molecular weight excluding hydrogens is 254 g/mol. The molecule has 0 fully saturated rings. The van der Waals surface area contributed by atoms with Gasteiger partial charge in [-0.2, -0.15) is 0 Å². The summed E-state index contributed by atoms with van der Waals surface area (Å²) < 4.78 is 31.8. The number of benzene rings is 1. The first-order chi connectivity index (χ1) is 8.84. The highest BCUT2D eigenvalue weighted by molar-refractivity contribution is 5.74. The Morgan fingerprint density at radius 3 is 2.58 bits per heavy atom. The number of rotatable bonds is 5. The minimum Gasteiger partial charge on any atom is -0.466 e. The maximum atomic E-state index is 13.7. The van der Waals surface area contributed by atoms with Gasteiger partial charge in [-0.25, -0.2) is 8.78 Å². The van der Waals surface area contributed by atoms with Crippen LogP contribution in [0.15, 0.2) is 18.2 Å². The molecule has 106 valence electrons. The number of aliphatic hydroxyl groups is 1. The van der Waals surface area contributed by atoms with Crippen LogP contribution < -0.4 is 0 Å². The van der Waals surface area contributed by atoms with Crippen molar-refractivity contribution < 1.29 is 23.4 Å². The van der Waals surface area contributed by atoms with Crippen LogP contribution in [0.25, 0.3) is 0 Å². The van der Waals surface area contributed by atoms with Gasteiger partial charge in [0.15, 0.2) is 0 Å². The van der Waals surface area contributed by atoms with Crippen LogP contribution in [0.4, 0.5) is 8.78 Å². The minimum absolute atomic E-state index is 0.164. The molecule has 1 aromatic carbocycles. The van der Waals surface area contributed by atoms with Crippen LogP contribution in [0, 0.1) is 17.6 Å². The zero-order chi connectivity index (χ0) is 14.6. The van der Waals surface area contributed by atoms with Crippen molar-refractivity contribution in [3.63, 3.8) is 0 Å². The predicted octanol–water partition coefficient (Wildman–Crippen LogP) is 2.76. The molecule has 0 aromatic heterocycles. The van der Waals surface area contributed by atoms with Gasteiger partial charge in [-0.3, -0.25) is 4.79 Å². The lowest BCUT2D eigenvalue weighted by molar-refractivity contribution is -0.158. The van der Waals surface area contributed by atoms with E-state index in [1.165, 1.54) is 6.92 Å². The first-order valence-corrected chi connectivity index (χ1v) is 6.19. The second kappa shape index (κ2) is 6.10. The normalized spacial score (nSPS) is 15.7. The Bertz CT molecular complexity index is 458. The second-order valence-electron chi connectivity index (χ2n) is 4.48. The lowest BCUT2D eigenvalue weighted by atomic mass is 9.81. The molecule has 1 N–H and O–H groups in total. The van der Waals surface area contributed by atoms with Gasteiger partial charge in [-0.05, 0) is 38.5 Å².